The number of rotatable bonds is 9. The van der Waals surface area contributed by atoms with Gasteiger partial charge in [0, 0.05) is 26.2 Å². The van der Waals surface area contributed by atoms with Crippen molar-refractivity contribution in [3.63, 3.8) is 0 Å². The Labute approximate surface area is 217 Å². The lowest BCUT2D eigenvalue weighted by atomic mass is 10.1. The molecule has 0 bridgehead atoms. The highest BCUT2D eigenvalue weighted by molar-refractivity contribution is 7.89. The van der Waals surface area contributed by atoms with Gasteiger partial charge in [0.15, 0.2) is 0 Å². The van der Waals surface area contributed by atoms with E-state index in [2.05, 4.69) is 15.4 Å². The number of nitrogens with one attached hydrogen (secondary N) is 2. The average molecular weight is 541 g/mol. The second-order valence-electron chi connectivity index (χ2n) is 8.63. The molecular weight excluding hydrogens is 512 g/mol. The lowest BCUT2D eigenvalue weighted by Gasteiger charge is -2.35. The van der Waals surface area contributed by atoms with Gasteiger partial charge in [-0.3, -0.25) is 4.79 Å². The van der Waals surface area contributed by atoms with Crippen LogP contribution in [0.3, 0.4) is 0 Å². The van der Waals surface area contributed by atoms with Crippen LogP contribution < -0.4 is 9.44 Å². The summed E-state index contributed by atoms with van der Waals surface area (Å²) in [6, 6.07) is 20.3. The molecule has 37 heavy (non-hydrogen) atoms. The van der Waals surface area contributed by atoms with Crippen LogP contribution in [0.1, 0.15) is 5.56 Å². The number of amides is 1. The summed E-state index contributed by atoms with van der Waals surface area (Å²) in [7, 11) is -7.79. The molecule has 9 nitrogen and oxygen atoms in total. The molecule has 4 rings (SSSR count). The molecule has 1 atom stereocenters. The molecule has 1 aliphatic rings. The Morgan fingerprint density at radius 3 is 2.22 bits per heavy atom. The molecule has 3 aromatic carbocycles. The van der Waals surface area contributed by atoms with Crippen molar-refractivity contribution < 1.29 is 21.6 Å². The maximum absolute atomic E-state index is 13.5. The Balaban J connectivity index is 1.54. The summed E-state index contributed by atoms with van der Waals surface area (Å²) in [5.41, 5.74) is 0.793. The summed E-state index contributed by atoms with van der Waals surface area (Å²) >= 11 is 0. The van der Waals surface area contributed by atoms with E-state index in [1.807, 2.05) is 54.6 Å². The Morgan fingerprint density at radius 2 is 1.54 bits per heavy atom. The van der Waals surface area contributed by atoms with E-state index in [4.69, 9.17) is 6.42 Å². The Bertz CT molecular complexity index is 1510. The highest BCUT2D eigenvalue weighted by Crippen LogP contribution is 2.20. The summed E-state index contributed by atoms with van der Waals surface area (Å²) in [6.45, 7) is 0.261. The van der Waals surface area contributed by atoms with E-state index in [-0.39, 0.29) is 44.0 Å². The molecule has 194 valence electrons. The fraction of sp³-hybridized carbons (Fsp3) is 0.269. The molecule has 1 heterocycles. The number of terminal acetylenes is 1. The number of fused-ring (bicyclic) bond motifs is 1. The van der Waals surface area contributed by atoms with Crippen LogP contribution in [0.25, 0.3) is 10.8 Å². The average Bonchev–Trinajstić information content (AvgIpc) is 2.91. The lowest BCUT2D eigenvalue weighted by molar-refractivity contribution is -0.134. The molecule has 1 amide bonds. The zero-order valence-electron chi connectivity index (χ0n) is 20.1. The SMILES string of the molecule is C#CCNS(=O)(=O)N1CCN(C(=O)[C@H](Cc2ccccc2)NS(=O)(=O)c2ccc3ccccc3c2)CC1. The van der Waals surface area contributed by atoms with Crippen molar-refractivity contribution in [1.82, 2.24) is 18.6 Å². The van der Waals surface area contributed by atoms with Gasteiger partial charge in [-0.25, -0.2) is 8.42 Å². The number of hydrogen-bond donors (Lipinski definition) is 2. The normalized spacial score (nSPS) is 15.8. The maximum Gasteiger partial charge on any atom is 0.280 e. The number of carbonyl (C=O) groups is 1. The van der Waals surface area contributed by atoms with Crippen molar-refractivity contribution in [3.05, 3.63) is 78.4 Å². The highest BCUT2D eigenvalue weighted by atomic mass is 32.2. The maximum atomic E-state index is 13.5. The van der Waals surface area contributed by atoms with E-state index < -0.39 is 32.2 Å². The summed E-state index contributed by atoms with van der Waals surface area (Å²) in [6.07, 6.45) is 5.29. The summed E-state index contributed by atoms with van der Waals surface area (Å²) < 4.78 is 57.6. The number of hydrogen-bond acceptors (Lipinski definition) is 5. The van der Waals surface area contributed by atoms with Crippen molar-refractivity contribution in [3.8, 4) is 12.3 Å². The van der Waals surface area contributed by atoms with E-state index in [1.165, 1.54) is 15.3 Å². The monoisotopic (exact) mass is 540 g/mol. The van der Waals surface area contributed by atoms with Crippen molar-refractivity contribution in [2.45, 2.75) is 17.4 Å². The molecular formula is C26H28N4O5S2. The topological polar surface area (TPSA) is 116 Å². The van der Waals surface area contributed by atoms with Crippen molar-refractivity contribution >= 4 is 36.9 Å². The van der Waals surface area contributed by atoms with Crippen LogP contribution in [-0.4, -0.2) is 70.7 Å². The fourth-order valence-electron chi connectivity index (χ4n) is 4.21. The molecule has 3 aromatic rings. The number of benzene rings is 3. The first-order chi connectivity index (χ1) is 17.7. The minimum atomic E-state index is -4.03. The molecule has 0 radical (unpaired) electrons. The Morgan fingerprint density at radius 1 is 0.892 bits per heavy atom. The first kappa shape index (κ1) is 26.8. The van der Waals surface area contributed by atoms with Crippen LogP contribution in [0.2, 0.25) is 0 Å². The summed E-state index contributed by atoms with van der Waals surface area (Å²) in [5.74, 6) is 1.81. The van der Waals surface area contributed by atoms with Crippen LogP contribution >= 0.6 is 0 Å². The molecule has 0 aromatic heterocycles. The van der Waals surface area contributed by atoms with Gasteiger partial charge in [-0.1, -0.05) is 66.6 Å². The quantitative estimate of drug-likeness (QED) is 0.398. The third kappa shape index (κ3) is 6.54. The highest BCUT2D eigenvalue weighted by Gasteiger charge is 2.33. The van der Waals surface area contributed by atoms with Crippen molar-refractivity contribution in [1.29, 1.82) is 0 Å². The Hall–Kier alpha value is -3.27. The van der Waals surface area contributed by atoms with Crippen LogP contribution in [0, 0.1) is 12.3 Å². The molecule has 0 unspecified atom stereocenters. The van der Waals surface area contributed by atoms with Gasteiger partial charge in [-0.05, 0) is 34.9 Å². The molecule has 2 N–H and O–H groups in total. The van der Waals surface area contributed by atoms with E-state index in [0.29, 0.717) is 0 Å². The lowest BCUT2D eigenvalue weighted by Crippen LogP contribution is -2.57. The van der Waals surface area contributed by atoms with E-state index in [9.17, 15) is 21.6 Å². The second-order valence-corrected chi connectivity index (χ2v) is 12.1. The van der Waals surface area contributed by atoms with Crippen LogP contribution in [0.4, 0.5) is 0 Å². The third-order valence-electron chi connectivity index (χ3n) is 6.16. The number of piperazine rings is 1. The van der Waals surface area contributed by atoms with Gasteiger partial charge in [-0.2, -0.15) is 22.2 Å². The van der Waals surface area contributed by atoms with Gasteiger partial charge in [0.25, 0.3) is 10.2 Å². The largest absolute Gasteiger partial charge is 0.339 e. The van der Waals surface area contributed by atoms with Gasteiger partial charge in [-0.15, -0.1) is 6.42 Å². The smallest absolute Gasteiger partial charge is 0.280 e. The predicted molar refractivity (Wildman–Crippen MR) is 142 cm³/mol. The fourth-order valence-corrected chi connectivity index (χ4v) is 6.53. The molecule has 0 spiro atoms. The molecule has 1 saturated heterocycles. The standard InChI is InChI=1S/C26H28N4O5S2/c1-2-14-27-37(34,35)30-17-15-29(16-18-30)26(31)25(19-21-8-4-3-5-9-21)28-36(32,33)24-13-12-22-10-6-7-11-23(22)20-24/h1,3-13,20,25,27-28H,14-19H2/t25-/m0/s1. The van der Waals surface area contributed by atoms with Gasteiger partial charge < -0.3 is 4.90 Å². The van der Waals surface area contributed by atoms with Gasteiger partial charge in [0.2, 0.25) is 15.9 Å². The van der Waals surface area contributed by atoms with E-state index in [1.54, 1.807) is 12.1 Å². The first-order valence-corrected chi connectivity index (χ1v) is 14.6. The van der Waals surface area contributed by atoms with Gasteiger partial charge >= 0.3 is 0 Å². The first-order valence-electron chi connectivity index (χ1n) is 11.7. The summed E-state index contributed by atoms with van der Waals surface area (Å²) in [4.78, 5) is 15.1. The number of carbonyl (C=O) groups excluding carboxylic acids is 1. The number of nitrogens with zero attached hydrogens (tertiary/aromatic N) is 2. The van der Waals surface area contributed by atoms with Crippen molar-refractivity contribution in [2.75, 3.05) is 32.7 Å². The zero-order valence-corrected chi connectivity index (χ0v) is 21.7. The van der Waals surface area contributed by atoms with Gasteiger partial charge in [0.05, 0.1) is 11.4 Å². The third-order valence-corrected chi connectivity index (χ3v) is 9.18. The van der Waals surface area contributed by atoms with Crippen LogP contribution in [0.15, 0.2) is 77.7 Å². The minimum Gasteiger partial charge on any atom is -0.339 e. The zero-order chi connectivity index (χ0) is 26.5. The molecule has 0 aliphatic carbocycles. The van der Waals surface area contributed by atoms with E-state index in [0.717, 1.165) is 16.3 Å². The summed E-state index contributed by atoms with van der Waals surface area (Å²) in [5, 5.41) is 1.68. The van der Waals surface area contributed by atoms with Crippen molar-refractivity contribution in [2.24, 2.45) is 0 Å². The minimum absolute atomic E-state index is 0.0626. The molecule has 1 aliphatic heterocycles. The van der Waals surface area contributed by atoms with Gasteiger partial charge in [0.1, 0.15) is 6.04 Å². The molecule has 1 fully saturated rings. The Kier molecular flexibility index (Phi) is 8.26. The predicted octanol–water partition coefficient (Wildman–Crippen LogP) is 1.34. The second kappa shape index (κ2) is 11.4. The molecule has 11 heteroatoms. The molecule has 0 saturated carbocycles. The number of sulfonamides is 1. The van der Waals surface area contributed by atoms with Crippen LogP contribution in [-0.2, 0) is 31.4 Å². The van der Waals surface area contributed by atoms with Crippen LogP contribution in [0.5, 0.6) is 0 Å². The van der Waals surface area contributed by atoms with E-state index >= 15 is 0 Å².